The monoisotopic (exact) mass is 264 g/mol. The lowest BCUT2D eigenvalue weighted by molar-refractivity contribution is 0.411. The second-order valence-corrected chi connectivity index (χ2v) is 5.54. The van der Waals surface area contributed by atoms with E-state index in [2.05, 4.69) is 45.7 Å². The van der Waals surface area contributed by atoms with Crippen molar-refractivity contribution in [2.45, 2.75) is 46.6 Å². The zero-order chi connectivity index (χ0) is 14.6. The van der Waals surface area contributed by atoms with Gasteiger partial charge in [-0.3, -0.25) is 0 Å². The molecule has 0 saturated heterocycles. The second kappa shape index (κ2) is 6.80. The first-order valence-corrected chi connectivity index (χ1v) is 7.00. The van der Waals surface area contributed by atoms with E-state index in [4.69, 9.17) is 10.5 Å². The Balaban J connectivity index is 2.91. The van der Waals surface area contributed by atoms with E-state index < -0.39 is 0 Å². The molecule has 0 aliphatic rings. The van der Waals surface area contributed by atoms with Crippen molar-refractivity contribution in [2.75, 3.05) is 25.6 Å². The van der Waals surface area contributed by atoms with Crippen LogP contribution in [0.15, 0.2) is 6.07 Å². The van der Waals surface area contributed by atoms with Crippen LogP contribution in [0.2, 0.25) is 0 Å². The minimum Gasteiger partial charge on any atom is -0.496 e. The van der Waals surface area contributed by atoms with Crippen LogP contribution in [0.5, 0.6) is 5.75 Å². The van der Waals surface area contributed by atoms with Gasteiger partial charge < -0.3 is 15.4 Å². The average molecular weight is 264 g/mol. The normalized spacial score (nSPS) is 12.4. The number of ether oxygens (including phenoxy) is 1. The smallest absolute Gasteiger partial charge is 0.122 e. The number of hydrogen-bond acceptors (Lipinski definition) is 3. The van der Waals surface area contributed by atoms with E-state index in [0.29, 0.717) is 0 Å². The lowest BCUT2D eigenvalue weighted by atomic mass is 10.0. The van der Waals surface area contributed by atoms with Crippen LogP contribution in [0.3, 0.4) is 0 Å². The summed E-state index contributed by atoms with van der Waals surface area (Å²) < 4.78 is 5.42. The minimum absolute atomic E-state index is 0.285. The van der Waals surface area contributed by atoms with Crippen LogP contribution in [0, 0.1) is 20.8 Å². The molecule has 0 spiro atoms. The molecule has 1 aromatic carbocycles. The van der Waals surface area contributed by atoms with Gasteiger partial charge in [0, 0.05) is 25.3 Å². The molecular weight excluding hydrogens is 236 g/mol. The standard InChI is InChI=1S/C16H28N2O/c1-11-10-15(19-6)13(3)14(4)16(11)18(5)9-7-8-12(2)17/h10,12H,7-9,17H2,1-6H3. The highest BCUT2D eigenvalue weighted by molar-refractivity contribution is 5.64. The summed E-state index contributed by atoms with van der Waals surface area (Å²) in [6.45, 7) is 9.53. The molecule has 0 fully saturated rings. The minimum atomic E-state index is 0.285. The van der Waals surface area contributed by atoms with Crippen molar-refractivity contribution in [1.29, 1.82) is 0 Å². The maximum Gasteiger partial charge on any atom is 0.122 e. The molecule has 0 amide bonds. The van der Waals surface area contributed by atoms with E-state index in [0.717, 1.165) is 25.1 Å². The van der Waals surface area contributed by atoms with Crippen molar-refractivity contribution < 1.29 is 4.74 Å². The van der Waals surface area contributed by atoms with E-state index in [1.165, 1.54) is 22.4 Å². The third kappa shape index (κ3) is 3.87. The van der Waals surface area contributed by atoms with Gasteiger partial charge in [0.1, 0.15) is 5.75 Å². The van der Waals surface area contributed by atoms with Gasteiger partial charge in [0.15, 0.2) is 0 Å². The zero-order valence-corrected chi connectivity index (χ0v) is 13.2. The summed E-state index contributed by atoms with van der Waals surface area (Å²) in [7, 11) is 3.88. The Hall–Kier alpha value is -1.22. The Bertz CT molecular complexity index is 427. The SMILES string of the molecule is COc1cc(C)c(N(C)CCCC(C)N)c(C)c1C. The van der Waals surface area contributed by atoms with Gasteiger partial charge in [-0.15, -0.1) is 0 Å². The van der Waals surface area contributed by atoms with Gasteiger partial charge in [0.25, 0.3) is 0 Å². The Kier molecular flexibility index (Phi) is 5.67. The van der Waals surface area contributed by atoms with Gasteiger partial charge in [0.2, 0.25) is 0 Å². The summed E-state index contributed by atoms with van der Waals surface area (Å²) in [4.78, 5) is 2.33. The van der Waals surface area contributed by atoms with E-state index in [9.17, 15) is 0 Å². The third-order valence-corrected chi connectivity index (χ3v) is 3.76. The maximum atomic E-state index is 5.80. The van der Waals surface area contributed by atoms with Crippen molar-refractivity contribution in [3.05, 3.63) is 22.8 Å². The fraction of sp³-hybridized carbons (Fsp3) is 0.625. The fourth-order valence-electron chi connectivity index (χ4n) is 2.59. The summed E-state index contributed by atoms with van der Waals surface area (Å²) >= 11 is 0. The summed E-state index contributed by atoms with van der Waals surface area (Å²) in [5.41, 5.74) is 10.9. The van der Waals surface area contributed by atoms with Gasteiger partial charge in [-0.2, -0.15) is 0 Å². The maximum absolute atomic E-state index is 5.80. The van der Waals surface area contributed by atoms with Gasteiger partial charge in [0.05, 0.1) is 7.11 Å². The van der Waals surface area contributed by atoms with E-state index in [-0.39, 0.29) is 6.04 Å². The Morgan fingerprint density at radius 3 is 2.42 bits per heavy atom. The number of nitrogens with two attached hydrogens (primary N) is 1. The van der Waals surface area contributed by atoms with Crippen LogP contribution >= 0.6 is 0 Å². The van der Waals surface area contributed by atoms with Gasteiger partial charge >= 0.3 is 0 Å². The predicted molar refractivity (Wildman–Crippen MR) is 83.4 cm³/mol. The molecule has 0 heterocycles. The fourth-order valence-corrected chi connectivity index (χ4v) is 2.59. The summed E-state index contributed by atoms with van der Waals surface area (Å²) in [6.07, 6.45) is 2.19. The van der Waals surface area contributed by atoms with Crippen LogP contribution in [-0.4, -0.2) is 26.7 Å². The van der Waals surface area contributed by atoms with Crippen molar-refractivity contribution in [2.24, 2.45) is 5.73 Å². The highest BCUT2D eigenvalue weighted by Gasteiger charge is 2.13. The summed E-state index contributed by atoms with van der Waals surface area (Å²) in [6, 6.07) is 2.41. The van der Waals surface area contributed by atoms with Gasteiger partial charge in [-0.1, -0.05) is 0 Å². The molecule has 108 valence electrons. The number of nitrogens with zero attached hydrogens (tertiary/aromatic N) is 1. The molecule has 1 atom stereocenters. The molecule has 0 radical (unpaired) electrons. The summed E-state index contributed by atoms with van der Waals surface area (Å²) in [5, 5.41) is 0. The number of rotatable bonds is 6. The topological polar surface area (TPSA) is 38.5 Å². The van der Waals surface area contributed by atoms with Gasteiger partial charge in [-0.05, 0) is 63.3 Å². The van der Waals surface area contributed by atoms with E-state index in [1.54, 1.807) is 7.11 Å². The molecule has 0 bridgehead atoms. The van der Waals surface area contributed by atoms with Crippen LogP contribution in [0.25, 0.3) is 0 Å². The van der Waals surface area contributed by atoms with Crippen LogP contribution in [0.4, 0.5) is 5.69 Å². The molecule has 2 N–H and O–H groups in total. The zero-order valence-electron chi connectivity index (χ0n) is 13.2. The molecule has 3 heteroatoms. The van der Waals surface area contributed by atoms with Crippen LogP contribution in [-0.2, 0) is 0 Å². The Morgan fingerprint density at radius 1 is 1.26 bits per heavy atom. The quantitative estimate of drug-likeness (QED) is 0.857. The van der Waals surface area contributed by atoms with Crippen molar-refractivity contribution in [1.82, 2.24) is 0 Å². The largest absolute Gasteiger partial charge is 0.496 e. The molecule has 0 aliphatic carbocycles. The first-order chi connectivity index (χ1) is 8.88. The van der Waals surface area contributed by atoms with Crippen LogP contribution in [0.1, 0.15) is 36.5 Å². The van der Waals surface area contributed by atoms with Crippen molar-refractivity contribution >= 4 is 5.69 Å². The molecular formula is C16H28N2O. The number of aryl methyl sites for hydroxylation is 1. The van der Waals surface area contributed by atoms with E-state index >= 15 is 0 Å². The molecule has 0 aromatic heterocycles. The Morgan fingerprint density at radius 2 is 1.89 bits per heavy atom. The Labute approximate surface area is 117 Å². The third-order valence-electron chi connectivity index (χ3n) is 3.76. The molecule has 1 unspecified atom stereocenters. The van der Waals surface area contributed by atoms with E-state index in [1.807, 2.05) is 0 Å². The number of benzene rings is 1. The first-order valence-electron chi connectivity index (χ1n) is 7.00. The van der Waals surface area contributed by atoms with Crippen LogP contribution < -0.4 is 15.4 Å². The van der Waals surface area contributed by atoms with Gasteiger partial charge in [-0.25, -0.2) is 0 Å². The molecule has 3 nitrogen and oxygen atoms in total. The molecule has 0 saturated carbocycles. The number of methoxy groups -OCH3 is 1. The highest BCUT2D eigenvalue weighted by atomic mass is 16.5. The summed E-state index contributed by atoms with van der Waals surface area (Å²) in [5.74, 6) is 0.975. The second-order valence-electron chi connectivity index (χ2n) is 5.54. The number of anilines is 1. The average Bonchev–Trinajstić information content (AvgIpc) is 2.33. The first kappa shape index (κ1) is 15.8. The predicted octanol–water partition coefficient (Wildman–Crippen LogP) is 3.18. The van der Waals surface area contributed by atoms with Crippen molar-refractivity contribution in [3.8, 4) is 5.75 Å². The van der Waals surface area contributed by atoms with Crippen molar-refractivity contribution in [3.63, 3.8) is 0 Å². The highest BCUT2D eigenvalue weighted by Crippen LogP contribution is 2.33. The molecule has 19 heavy (non-hydrogen) atoms. The lowest BCUT2D eigenvalue weighted by Gasteiger charge is -2.26. The molecule has 1 rings (SSSR count). The number of hydrogen-bond donors (Lipinski definition) is 1. The lowest BCUT2D eigenvalue weighted by Crippen LogP contribution is -2.23. The molecule has 0 aliphatic heterocycles. The molecule has 1 aromatic rings.